The molecule has 0 fully saturated rings. The Morgan fingerprint density at radius 1 is 1.75 bits per heavy atom. The fraction of sp³-hybridized carbons (Fsp3) is 0. The Balaban J connectivity index is 3.15. The van der Waals surface area contributed by atoms with Gasteiger partial charge in [-0.3, -0.25) is 0 Å². The third-order valence-electron chi connectivity index (χ3n) is 0.618. The van der Waals surface area contributed by atoms with Crippen LogP contribution in [0.5, 0.6) is 0 Å². The van der Waals surface area contributed by atoms with Crippen molar-refractivity contribution in [2.75, 3.05) is 0 Å². The van der Waals surface area contributed by atoms with Crippen LogP contribution in [-0.2, 0) is 0 Å². The summed E-state index contributed by atoms with van der Waals surface area (Å²) in [4.78, 5) is 0. The fourth-order valence-corrected chi connectivity index (χ4v) is 0.286. The van der Waals surface area contributed by atoms with Crippen molar-refractivity contribution in [2.45, 2.75) is 0 Å². The molecule has 40 valence electrons. The molecule has 0 atom stereocenters. The minimum absolute atomic E-state index is 0.231. The van der Waals surface area contributed by atoms with Gasteiger partial charge < -0.3 is 0 Å². The third-order valence-corrected chi connectivity index (χ3v) is 0.618. The molecule has 0 saturated heterocycles. The molecule has 0 amide bonds. The van der Waals surface area contributed by atoms with Crippen LogP contribution in [0, 0.1) is 17.3 Å². The molecule has 0 unspecified atom stereocenters. The molecule has 0 aliphatic heterocycles. The number of hydrogen-bond acceptors (Lipinski definition) is 3. The topological polar surface area (TPSA) is 65.4 Å². The van der Waals surface area contributed by atoms with Crippen LogP contribution in [0.25, 0.3) is 0 Å². The molecule has 0 aliphatic carbocycles. The lowest BCUT2D eigenvalue weighted by Crippen LogP contribution is -1.76. The van der Waals surface area contributed by atoms with E-state index < -0.39 is 5.95 Å². The molecule has 0 saturated carbocycles. The summed E-state index contributed by atoms with van der Waals surface area (Å²) in [7, 11) is 0. The van der Waals surface area contributed by atoms with Gasteiger partial charge in [0.1, 0.15) is 6.07 Å². The van der Waals surface area contributed by atoms with E-state index in [0.29, 0.717) is 0 Å². The third kappa shape index (κ3) is 0.518. The summed E-state index contributed by atoms with van der Waals surface area (Å²) in [6.45, 7) is 0. The number of aromatic amines is 1. The summed E-state index contributed by atoms with van der Waals surface area (Å²) < 4.78 is 11.9. The Labute approximate surface area is 43.9 Å². The summed E-state index contributed by atoms with van der Waals surface area (Å²) in [6, 6.07) is 1.52. The van der Waals surface area contributed by atoms with Gasteiger partial charge in [0.15, 0.2) is 5.69 Å². The summed E-state index contributed by atoms with van der Waals surface area (Å²) in [5.74, 6) is -0.854. The number of H-pyrrole nitrogens is 1. The Kier molecular flexibility index (Phi) is 0.929. The van der Waals surface area contributed by atoms with Crippen molar-refractivity contribution in [3.63, 3.8) is 0 Å². The van der Waals surface area contributed by atoms with Gasteiger partial charge in [-0.2, -0.15) is 9.65 Å². The first-order valence-corrected chi connectivity index (χ1v) is 1.81. The van der Waals surface area contributed by atoms with E-state index in [1.807, 2.05) is 0 Å². The molecule has 0 bridgehead atoms. The van der Waals surface area contributed by atoms with E-state index in [9.17, 15) is 4.39 Å². The van der Waals surface area contributed by atoms with Gasteiger partial charge in [-0.15, -0.1) is 0 Å². The van der Waals surface area contributed by atoms with Crippen molar-refractivity contribution in [1.29, 1.82) is 5.26 Å². The molecule has 1 aromatic heterocycles. The van der Waals surface area contributed by atoms with Gasteiger partial charge in [0, 0.05) is 0 Å². The van der Waals surface area contributed by atoms with Crippen LogP contribution in [-0.4, -0.2) is 15.4 Å². The molecule has 1 rings (SSSR count). The molecule has 0 radical (unpaired) electrons. The lowest BCUT2D eigenvalue weighted by atomic mass is 10.5. The van der Waals surface area contributed by atoms with Crippen LogP contribution in [0.4, 0.5) is 4.39 Å². The summed E-state index contributed by atoms with van der Waals surface area (Å²) >= 11 is 0. The van der Waals surface area contributed by atoms with Gasteiger partial charge in [-0.05, 0) is 0 Å². The standard InChI is InChI=1S/C3HFN4/c4-3-2(1-5)6-8-7-3/h(H,6,7,8). The van der Waals surface area contributed by atoms with E-state index in [4.69, 9.17) is 5.26 Å². The van der Waals surface area contributed by atoms with Crippen molar-refractivity contribution >= 4 is 0 Å². The molecular formula is C3HFN4. The summed E-state index contributed by atoms with van der Waals surface area (Å²) in [6.07, 6.45) is 0. The highest BCUT2D eigenvalue weighted by atomic mass is 19.1. The Hall–Kier alpha value is -1.44. The molecule has 0 aliphatic rings. The van der Waals surface area contributed by atoms with E-state index >= 15 is 0 Å². The minimum Gasteiger partial charge on any atom is -0.245 e. The van der Waals surface area contributed by atoms with Gasteiger partial charge in [0.05, 0.1) is 0 Å². The maximum atomic E-state index is 11.9. The zero-order chi connectivity index (χ0) is 5.98. The summed E-state index contributed by atoms with van der Waals surface area (Å²) in [5.41, 5.74) is -0.231. The molecule has 1 aromatic rings. The van der Waals surface area contributed by atoms with Crippen molar-refractivity contribution in [2.24, 2.45) is 0 Å². The van der Waals surface area contributed by atoms with Gasteiger partial charge in [0.25, 0.3) is 5.95 Å². The van der Waals surface area contributed by atoms with Crippen LogP contribution in [0.15, 0.2) is 0 Å². The Morgan fingerprint density at radius 3 is 2.75 bits per heavy atom. The maximum absolute atomic E-state index is 11.9. The lowest BCUT2D eigenvalue weighted by molar-refractivity contribution is 0.576. The molecule has 1 heterocycles. The quantitative estimate of drug-likeness (QED) is 0.506. The smallest absolute Gasteiger partial charge is 0.245 e. The zero-order valence-corrected chi connectivity index (χ0v) is 3.72. The van der Waals surface area contributed by atoms with Crippen LogP contribution in [0.1, 0.15) is 5.69 Å². The SMILES string of the molecule is N#Cc1[nH]nnc1F. The number of hydrogen-bond donors (Lipinski definition) is 1. The second-order valence-corrected chi connectivity index (χ2v) is 1.09. The number of aromatic nitrogens is 3. The minimum atomic E-state index is -0.854. The highest BCUT2D eigenvalue weighted by Gasteiger charge is 2.01. The molecular weight excluding hydrogens is 111 g/mol. The van der Waals surface area contributed by atoms with Crippen LogP contribution in [0.3, 0.4) is 0 Å². The predicted octanol–water partition coefficient (Wildman–Crippen LogP) is -0.185. The number of nitrogens with zero attached hydrogens (tertiary/aromatic N) is 3. The van der Waals surface area contributed by atoms with E-state index in [-0.39, 0.29) is 5.69 Å². The van der Waals surface area contributed by atoms with Crippen molar-refractivity contribution < 1.29 is 4.39 Å². The van der Waals surface area contributed by atoms with E-state index in [2.05, 4.69) is 15.4 Å². The van der Waals surface area contributed by atoms with E-state index in [0.717, 1.165) is 0 Å². The van der Waals surface area contributed by atoms with Crippen molar-refractivity contribution in [3.8, 4) is 6.07 Å². The lowest BCUT2D eigenvalue weighted by Gasteiger charge is -1.68. The number of nitrogens with one attached hydrogen (secondary N) is 1. The van der Waals surface area contributed by atoms with Crippen molar-refractivity contribution in [3.05, 3.63) is 11.6 Å². The second-order valence-electron chi connectivity index (χ2n) is 1.09. The fourth-order valence-electron chi connectivity index (χ4n) is 0.286. The zero-order valence-electron chi connectivity index (χ0n) is 3.72. The van der Waals surface area contributed by atoms with Crippen LogP contribution >= 0.6 is 0 Å². The Bertz CT molecular complexity index is 221. The normalized spacial score (nSPS) is 8.50. The summed E-state index contributed by atoms with van der Waals surface area (Å²) in [5, 5.41) is 16.0. The van der Waals surface area contributed by atoms with Crippen LogP contribution in [0.2, 0.25) is 0 Å². The molecule has 4 nitrogen and oxygen atoms in total. The first-order valence-electron chi connectivity index (χ1n) is 1.81. The van der Waals surface area contributed by atoms with Crippen molar-refractivity contribution in [1.82, 2.24) is 15.4 Å². The molecule has 0 aromatic carbocycles. The van der Waals surface area contributed by atoms with E-state index in [1.165, 1.54) is 6.07 Å². The highest BCUT2D eigenvalue weighted by molar-refractivity contribution is 5.14. The van der Waals surface area contributed by atoms with Gasteiger partial charge in [-0.25, -0.2) is 5.10 Å². The molecule has 0 spiro atoms. The van der Waals surface area contributed by atoms with E-state index in [1.54, 1.807) is 0 Å². The first-order chi connectivity index (χ1) is 3.84. The first kappa shape index (κ1) is 4.71. The number of nitriles is 1. The van der Waals surface area contributed by atoms with Gasteiger partial charge in [-0.1, -0.05) is 10.3 Å². The predicted molar refractivity (Wildman–Crippen MR) is 21.1 cm³/mol. The maximum Gasteiger partial charge on any atom is 0.270 e. The largest absolute Gasteiger partial charge is 0.270 e. The monoisotopic (exact) mass is 112 g/mol. The highest BCUT2D eigenvalue weighted by Crippen LogP contribution is 1.92. The van der Waals surface area contributed by atoms with Crippen LogP contribution < -0.4 is 0 Å². The second kappa shape index (κ2) is 1.58. The average Bonchev–Trinajstić information content (AvgIpc) is 2.14. The van der Waals surface area contributed by atoms with Gasteiger partial charge in [0.2, 0.25) is 0 Å². The molecule has 1 N–H and O–H groups in total. The van der Waals surface area contributed by atoms with Gasteiger partial charge >= 0.3 is 0 Å². The molecule has 5 heteroatoms. The number of halogens is 1. The molecule has 8 heavy (non-hydrogen) atoms. The number of rotatable bonds is 0. The Morgan fingerprint density at radius 2 is 2.50 bits per heavy atom. The average molecular weight is 112 g/mol.